The van der Waals surface area contributed by atoms with Crippen LogP contribution in [0.4, 0.5) is 0 Å². The lowest BCUT2D eigenvalue weighted by Crippen LogP contribution is -2.53. The van der Waals surface area contributed by atoms with Crippen molar-refractivity contribution in [3.63, 3.8) is 0 Å². The van der Waals surface area contributed by atoms with Crippen molar-refractivity contribution in [2.45, 2.75) is 38.9 Å². The molecule has 3 atom stereocenters. The second kappa shape index (κ2) is 10.4. The number of benzene rings is 3. The highest BCUT2D eigenvalue weighted by atomic mass is 16.6. The van der Waals surface area contributed by atoms with Crippen molar-refractivity contribution in [2.75, 3.05) is 27.7 Å². The fourth-order valence-corrected chi connectivity index (χ4v) is 6.41. The Hall–Kier alpha value is -4.11. The molecular weight excluding hydrogens is 524 g/mol. The largest absolute Gasteiger partial charge is 0.550 e. The first-order valence-electron chi connectivity index (χ1n) is 13.6. The van der Waals surface area contributed by atoms with E-state index in [2.05, 4.69) is 0 Å². The lowest BCUT2D eigenvalue weighted by molar-refractivity contribution is -0.317. The predicted molar refractivity (Wildman–Crippen MR) is 155 cm³/mol. The van der Waals surface area contributed by atoms with Gasteiger partial charge in [-0.05, 0) is 63.8 Å². The molecule has 3 unspecified atom stereocenters. The van der Waals surface area contributed by atoms with Gasteiger partial charge in [0.1, 0.15) is 23.2 Å². The fraction of sp³-hybridized carbons (Fsp3) is 0.406. The molecule has 0 aliphatic carbocycles. The van der Waals surface area contributed by atoms with Gasteiger partial charge in [0.15, 0.2) is 0 Å². The number of nitrogens with zero attached hydrogens (tertiary/aromatic N) is 2. The number of ether oxygens (including phenoxy) is 3. The standard InChI is InChI=1S/C32H36N2O7/c1-17(35)40-30-26-24(41-32(2,3)27(30)20(31(37)38)12-13-33(4)5)16-23(39-7)25-28(26)34(6)22-15-19-11-9-8-10-18(19)14-21(22)29(25)36/h8-11,14-16,20,27,30H,12-13H2,1-7H3,(H,37,38)/p-1. The first-order valence-corrected chi connectivity index (χ1v) is 13.6. The van der Waals surface area contributed by atoms with Crippen LogP contribution in [-0.2, 0) is 21.4 Å². The molecule has 0 N–H and O–H groups in total. The molecule has 0 fully saturated rings. The average molecular weight is 560 g/mol. The van der Waals surface area contributed by atoms with Crippen LogP contribution in [0.25, 0.3) is 32.6 Å². The maximum atomic E-state index is 14.2. The zero-order chi connectivity index (χ0) is 29.8. The lowest BCUT2D eigenvalue weighted by Gasteiger charge is -2.48. The number of fused-ring (bicyclic) bond motifs is 5. The number of carboxylic acids is 1. The Morgan fingerprint density at radius 1 is 1.15 bits per heavy atom. The third-order valence-electron chi connectivity index (χ3n) is 8.22. The minimum Gasteiger partial charge on any atom is -0.550 e. The minimum atomic E-state index is -1.25. The van der Waals surface area contributed by atoms with Crippen LogP contribution in [0.3, 0.4) is 0 Å². The van der Waals surface area contributed by atoms with Gasteiger partial charge in [0, 0.05) is 43.2 Å². The van der Waals surface area contributed by atoms with Gasteiger partial charge >= 0.3 is 5.97 Å². The maximum absolute atomic E-state index is 14.2. The zero-order valence-corrected chi connectivity index (χ0v) is 24.4. The van der Waals surface area contributed by atoms with Gasteiger partial charge in [0.25, 0.3) is 0 Å². The molecule has 5 rings (SSSR count). The van der Waals surface area contributed by atoms with Crippen LogP contribution in [0.5, 0.6) is 11.5 Å². The highest BCUT2D eigenvalue weighted by Crippen LogP contribution is 2.53. The van der Waals surface area contributed by atoms with E-state index in [1.807, 2.05) is 67.0 Å². The molecule has 9 nitrogen and oxygen atoms in total. The minimum absolute atomic E-state index is 0.245. The molecule has 4 aromatic rings. The highest BCUT2D eigenvalue weighted by molar-refractivity contribution is 6.04. The second-order valence-corrected chi connectivity index (χ2v) is 11.6. The number of carbonyl (C=O) groups is 2. The van der Waals surface area contributed by atoms with Gasteiger partial charge in [0.05, 0.1) is 29.1 Å². The van der Waals surface area contributed by atoms with Crippen molar-refractivity contribution in [2.24, 2.45) is 18.9 Å². The Morgan fingerprint density at radius 3 is 2.39 bits per heavy atom. The van der Waals surface area contributed by atoms with Crippen LogP contribution < -0.4 is 20.0 Å². The number of methoxy groups -OCH3 is 1. The van der Waals surface area contributed by atoms with E-state index in [9.17, 15) is 19.5 Å². The molecule has 0 amide bonds. The summed E-state index contributed by atoms with van der Waals surface area (Å²) in [6.45, 7) is 5.33. The first kappa shape index (κ1) is 28.4. The summed E-state index contributed by atoms with van der Waals surface area (Å²) in [6.07, 6.45) is -0.782. The van der Waals surface area contributed by atoms with Gasteiger partial charge in [-0.3, -0.25) is 9.59 Å². The summed E-state index contributed by atoms with van der Waals surface area (Å²) in [4.78, 5) is 41.3. The molecular formula is C32H35N2O7-. The molecule has 216 valence electrons. The van der Waals surface area contributed by atoms with Gasteiger partial charge < -0.3 is 33.6 Å². The molecule has 1 aromatic heterocycles. The topological polar surface area (TPSA) is 110 Å². The molecule has 9 heteroatoms. The fourth-order valence-electron chi connectivity index (χ4n) is 6.41. The van der Waals surface area contributed by atoms with Crippen LogP contribution in [0, 0.1) is 11.8 Å². The van der Waals surface area contributed by atoms with Gasteiger partial charge in [0.2, 0.25) is 5.43 Å². The zero-order valence-electron chi connectivity index (χ0n) is 24.4. The Labute approximate surface area is 238 Å². The first-order chi connectivity index (χ1) is 19.4. The molecule has 0 bridgehead atoms. The molecule has 0 saturated carbocycles. The smallest absolute Gasteiger partial charge is 0.303 e. The van der Waals surface area contributed by atoms with E-state index >= 15 is 0 Å². The van der Waals surface area contributed by atoms with Gasteiger partial charge in [-0.1, -0.05) is 24.3 Å². The predicted octanol–water partition coefficient (Wildman–Crippen LogP) is 3.56. The number of hydrogen-bond acceptors (Lipinski definition) is 8. The number of carboxylic acid groups (broad SMARTS) is 1. The Balaban J connectivity index is 1.90. The van der Waals surface area contributed by atoms with Gasteiger partial charge in [-0.15, -0.1) is 0 Å². The van der Waals surface area contributed by atoms with Crippen LogP contribution in [0.1, 0.15) is 38.9 Å². The number of esters is 1. The number of carbonyl (C=O) groups excluding carboxylic acids is 2. The van der Waals surface area contributed by atoms with Crippen molar-refractivity contribution >= 4 is 44.5 Å². The maximum Gasteiger partial charge on any atom is 0.303 e. The monoisotopic (exact) mass is 559 g/mol. The Bertz CT molecular complexity index is 1750. The second-order valence-electron chi connectivity index (χ2n) is 11.6. The van der Waals surface area contributed by atoms with Crippen LogP contribution in [0.15, 0.2) is 47.3 Å². The number of rotatable bonds is 7. The molecule has 1 aliphatic rings. The molecule has 2 heterocycles. The number of pyridine rings is 1. The Morgan fingerprint density at radius 2 is 1.80 bits per heavy atom. The van der Waals surface area contributed by atoms with E-state index in [1.165, 1.54) is 14.0 Å². The average Bonchev–Trinajstić information content (AvgIpc) is 2.90. The van der Waals surface area contributed by atoms with Crippen molar-refractivity contribution in [3.05, 3.63) is 58.3 Å². The molecule has 0 radical (unpaired) electrons. The number of hydrogen-bond donors (Lipinski definition) is 0. The van der Waals surface area contributed by atoms with E-state index in [1.54, 1.807) is 19.9 Å². The quantitative estimate of drug-likeness (QED) is 0.250. The number of aryl methyl sites for hydroxylation is 1. The van der Waals surface area contributed by atoms with E-state index in [0.29, 0.717) is 45.4 Å². The molecule has 0 spiro atoms. The SMILES string of the molecule is COc1cc2c(c3c1c(=O)c1cc4ccccc4cc1n3C)C(OC(C)=O)C(C(CCN(C)C)C(=O)[O-])C(C)(C)O2. The van der Waals surface area contributed by atoms with E-state index < -0.39 is 35.5 Å². The number of aliphatic carboxylic acids is 1. The molecule has 3 aromatic carbocycles. The van der Waals surface area contributed by atoms with Gasteiger partial charge in [-0.25, -0.2) is 0 Å². The Kier molecular flexibility index (Phi) is 7.19. The summed E-state index contributed by atoms with van der Waals surface area (Å²) in [6, 6.07) is 13.2. The summed E-state index contributed by atoms with van der Waals surface area (Å²) < 4.78 is 20.1. The summed E-state index contributed by atoms with van der Waals surface area (Å²) >= 11 is 0. The van der Waals surface area contributed by atoms with Crippen LogP contribution in [0.2, 0.25) is 0 Å². The van der Waals surface area contributed by atoms with Crippen LogP contribution in [-0.4, -0.2) is 54.8 Å². The van der Waals surface area contributed by atoms with Gasteiger partial charge in [-0.2, -0.15) is 0 Å². The van der Waals surface area contributed by atoms with Crippen LogP contribution >= 0.6 is 0 Å². The highest BCUT2D eigenvalue weighted by Gasteiger charge is 2.51. The summed E-state index contributed by atoms with van der Waals surface area (Å²) in [5.41, 5.74) is 0.248. The third kappa shape index (κ3) is 4.78. The van der Waals surface area contributed by atoms with Crippen molar-refractivity contribution in [3.8, 4) is 11.5 Å². The molecule has 0 saturated heterocycles. The molecule has 41 heavy (non-hydrogen) atoms. The van der Waals surface area contributed by atoms with Crippen molar-refractivity contribution in [1.82, 2.24) is 9.47 Å². The van der Waals surface area contributed by atoms with E-state index in [0.717, 1.165) is 10.8 Å². The summed E-state index contributed by atoms with van der Waals surface area (Å²) in [5.74, 6) is -2.98. The van der Waals surface area contributed by atoms with Crippen molar-refractivity contribution < 1.29 is 28.9 Å². The normalized spacial score (nSPS) is 18.7. The van der Waals surface area contributed by atoms with E-state index in [4.69, 9.17) is 14.2 Å². The van der Waals surface area contributed by atoms with Crippen molar-refractivity contribution in [1.29, 1.82) is 0 Å². The third-order valence-corrected chi connectivity index (χ3v) is 8.22. The van der Waals surface area contributed by atoms with E-state index in [-0.39, 0.29) is 11.8 Å². The summed E-state index contributed by atoms with van der Waals surface area (Å²) in [5, 5.41) is 15.3. The molecule has 1 aliphatic heterocycles. The lowest BCUT2D eigenvalue weighted by atomic mass is 9.70. The summed E-state index contributed by atoms with van der Waals surface area (Å²) in [7, 11) is 7.04. The number of aromatic nitrogens is 1.